The highest BCUT2D eigenvalue weighted by Gasteiger charge is 2.19. The molecular formula is C13H18BINOP. The molecule has 1 aromatic carbocycles. The molecule has 1 aliphatic heterocycles. The summed E-state index contributed by atoms with van der Waals surface area (Å²) >= 11 is 2.32. The number of ether oxygens (including phenoxy) is 1. The molecule has 1 unspecified atom stereocenters. The van der Waals surface area contributed by atoms with E-state index in [-0.39, 0.29) is 0 Å². The Bertz CT molecular complexity index is 428. The van der Waals surface area contributed by atoms with Gasteiger partial charge in [0.05, 0.1) is 0 Å². The van der Waals surface area contributed by atoms with E-state index in [1.54, 1.807) is 0 Å². The van der Waals surface area contributed by atoms with Crippen molar-refractivity contribution in [3.63, 3.8) is 0 Å². The van der Waals surface area contributed by atoms with Gasteiger partial charge in [-0.15, -0.1) is 0 Å². The lowest BCUT2D eigenvalue weighted by atomic mass is 10.1. The van der Waals surface area contributed by atoms with Gasteiger partial charge in [0.15, 0.2) is 0 Å². The monoisotopic (exact) mass is 373 g/mol. The molecule has 0 saturated carbocycles. The highest BCUT2D eigenvalue weighted by Crippen LogP contribution is 2.40. The van der Waals surface area contributed by atoms with Gasteiger partial charge < -0.3 is 4.74 Å². The number of fused-ring (bicyclic) bond motifs is 1. The first kappa shape index (κ1) is 14.6. The Morgan fingerprint density at radius 2 is 2.28 bits per heavy atom. The zero-order chi connectivity index (χ0) is 13.1. The number of hydrogen-bond acceptors (Lipinski definition) is 2. The molecule has 2 rings (SSSR count). The minimum Gasteiger partial charge on any atom is -0.478 e. The summed E-state index contributed by atoms with van der Waals surface area (Å²) in [6.07, 6.45) is 2.46. The van der Waals surface area contributed by atoms with Crippen LogP contribution in [0.2, 0.25) is 0 Å². The van der Waals surface area contributed by atoms with Crippen molar-refractivity contribution in [1.82, 2.24) is 4.90 Å². The van der Waals surface area contributed by atoms with Crippen LogP contribution in [0.25, 0.3) is 0 Å². The molecular weight excluding hydrogens is 355 g/mol. The average Bonchev–Trinajstić information content (AvgIpc) is 2.35. The largest absolute Gasteiger partial charge is 0.478 e. The molecule has 1 atom stereocenters. The van der Waals surface area contributed by atoms with Crippen LogP contribution >= 0.6 is 27.5 Å². The van der Waals surface area contributed by atoms with E-state index in [0.717, 1.165) is 25.6 Å². The van der Waals surface area contributed by atoms with Gasteiger partial charge in [0.1, 0.15) is 20.0 Å². The number of aryl methyl sites for hydroxylation is 1. The minimum absolute atomic E-state index is 0.556. The van der Waals surface area contributed by atoms with Crippen molar-refractivity contribution in [1.29, 1.82) is 0 Å². The quantitative estimate of drug-likeness (QED) is 0.455. The molecule has 5 heteroatoms. The highest BCUT2D eigenvalue weighted by molar-refractivity contribution is 14.2. The molecule has 1 heterocycles. The summed E-state index contributed by atoms with van der Waals surface area (Å²) in [5.74, 6) is 1.07. The maximum absolute atomic E-state index is 6.03. The number of halogens is 1. The van der Waals surface area contributed by atoms with Crippen LogP contribution in [0, 0.1) is 6.92 Å². The van der Waals surface area contributed by atoms with Crippen molar-refractivity contribution >= 4 is 40.4 Å². The molecule has 2 radical (unpaired) electrons. The van der Waals surface area contributed by atoms with Crippen molar-refractivity contribution in [2.24, 2.45) is 0 Å². The molecule has 0 N–H and O–H groups in total. The topological polar surface area (TPSA) is 12.5 Å². The van der Waals surface area contributed by atoms with Gasteiger partial charge in [-0.3, -0.25) is 4.90 Å². The standard InChI is InChI=1S/C13H18BINOP/c1-3-4-5-16-8-11-7-12(18(14)15)6-10(2)13(11)17-9-16/h6-7H,3-5,8-9H2,1-2H3. The lowest BCUT2D eigenvalue weighted by molar-refractivity contribution is 0.0934. The molecule has 0 aliphatic carbocycles. The van der Waals surface area contributed by atoms with Crippen LogP contribution in [-0.2, 0) is 6.54 Å². The molecule has 0 bridgehead atoms. The first-order valence-electron chi connectivity index (χ1n) is 6.31. The molecule has 0 amide bonds. The third-order valence-electron chi connectivity index (χ3n) is 3.20. The van der Waals surface area contributed by atoms with Crippen molar-refractivity contribution in [3.05, 3.63) is 23.3 Å². The number of benzene rings is 1. The van der Waals surface area contributed by atoms with Crippen molar-refractivity contribution in [3.8, 4) is 5.75 Å². The van der Waals surface area contributed by atoms with Crippen molar-refractivity contribution in [2.45, 2.75) is 33.2 Å². The number of unbranched alkanes of at least 4 members (excludes halogenated alkanes) is 1. The number of nitrogens with zero attached hydrogens (tertiary/aromatic N) is 1. The Hall–Kier alpha value is 0.205. The van der Waals surface area contributed by atoms with Crippen molar-refractivity contribution < 1.29 is 4.74 Å². The van der Waals surface area contributed by atoms with Crippen LogP contribution in [0.3, 0.4) is 0 Å². The normalized spacial score (nSPS) is 17.1. The molecule has 18 heavy (non-hydrogen) atoms. The van der Waals surface area contributed by atoms with Gasteiger partial charge in [-0.1, -0.05) is 40.8 Å². The van der Waals surface area contributed by atoms with Crippen molar-refractivity contribution in [2.75, 3.05) is 13.3 Å². The van der Waals surface area contributed by atoms with Crippen LogP contribution in [0.1, 0.15) is 30.9 Å². The van der Waals surface area contributed by atoms with Crippen LogP contribution in [0.4, 0.5) is 0 Å². The third kappa shape index (κ3) is 3.40. The van der Waals surface area contributed by atoms with Crippen LogP contribution in [-0.4, -0.2) is 25.7 Å². The SMILES string of the molecule is [B]P(I)c1cc(C)c2c(c1)CN(CCCC)CO2. The summed E-state index contributed by atoms with van der Waals surface area (Å²) in [7, 11) is 6.03. The fourth-order valence-corrected chi connectivity index (χ4v) is 3.67. The van der Waals surface area contributed by atoms with Gasteiger partial charge in [-0.25, -0.2) is 0 Å². The molecule has 2 nitrogen and oxygen atoms in total. The van der Waals surface area contributed by atoms with Gasteiger partial charge in [0, 0.05) is 18.7 Å². The van der Waals surface area contributed by atoms with E-state index in [2.05, 4.69) is 52.9 Å². The Morgan fingerprint density at radius 3 is 2.94 bits per heavy atom. The Kier molecular flexibility index (Phi) is 5.34. The Morgan fingerprint density at radius 1 is 1.50 bits per heavy atom. The molecule has 0 saturated heterocycles. The summed E-state index contributed by atoms with van der Waals surface area (Å²) in [6.45, 7) is 7.15. The molecule has 0 aromatic heterocycles. The van der Waals surface area contributed by atoms with E-state index in [9.17, 15) is 0 Å². The summed E-state index contributed by atoms with van der Waals surface area (Å²) in [5.41, 5.74) is 1.95. The first-order valence-corrected chi connectivity index (χ1v) is 10.5. The number of rotatable bonds is 4. The zero-order valence-electron chi connectivity index (χ0n) is 10.9. The fraction of sp³-hybridized carbons (Fsp3) is 0.538. The van der Waals surface area contributed by atoms with Gasteiger partial charge in [0.25, 0.3) is 0 Å². The summed E-state index contributed by atoms with van der Waals surface area (Å²) < 4.78 is 5.89. The van der Waals surface area contributed by atoms with E-state index in [0.29, 0.717) is 0 Å². The predicted molar refractivity (Wildman–Crippen MR) is 88.3 cm³/mol. The van der Waals surface area contributed by atoms with Crippen LogP contribution in [0.15, 0.2) is 12.1 Å². The second-order valence-corrected chi connectivity index (χ2v) is 9.00. The Balaban J connectivity index is 2.19. The maximum atomic E-state index is 6.03. The zero-order valence-corrected chi connectivity index (χ0v) is 14.0. The number of hydrogen-bond donors (Lipinski definition) is 0. The van der Waals surface area contributed by atoms with E-state index in [4.69, 9.17) is 12.3 Å². The predicted octanol–water partition coefficient (Wildman–Crippen LogP) is 3.49. The third-order valence-corrected chi connectivity index (χ3v) is 5.62. The average molecular weight is 373 g/mol. The summed E-state index contributed by atoms with van der Waals surface area (Å²) in [5, 5.41) is 1.25. The van der Waals surface area contributed by atoms with Gasteiger partial charge in [-0.2, -0.15) is 0 Å². The smallest absolute Gasteiger partial charge is 0.142 e. The van der Waals surface area contributed by atoms with Gasteiger partial charge in [-0.05, 0) is 36.3 Å². The highest BCUT2D eigenvalue weighted by atomic mass is 127. The van der Waals surface area contributed by atoms with Gasteiger partial charge in [0.2, 0.25) is 0 Å². The lowest BCUT2D eigenvalue weighted by Crippen LogP contribution is -2.33. The fourth-order valence-electron chi connectivity index (χ4n) is 2.24. The van der Waals surface area contributed by atoms with E-state index < -0.39 is 5.44 Å². The lowest BCUT2D eigenvalue weighted by Gasteiger charge is -2.30. The van der Waals surface area contributed by atoms with E-state index in [1.807, 2.05) is 0 Å². The Labute approximate surface area is 125 Å². The molecule has 0 spiro atoms. The molecule has 96 valence electrons. The summed E-state index contributed by atoms with van der Waals surface area (Å²) in [4.78, 5) is 2.36. The second kappa shape index (κ2) is 6.58. The second-order valence-electron chi connectivity index (χ2n) is 4.74. The molecule has 1 aliphatic rings. The first-order chi connectivity index (χ1) is 8.61. The van der Waals surface area contributed by atoms with E-state index in [1.165, 1.54) is 29.3 Å². The maximum Gasteiger partial charge on any atom is 0.142 e. The minimum atomic E-state index is -0.556. The van der Waals surface area contributed by atoms with Crippen LogP contribution in [0.5, 0.6) is 5.75 Å². The van der Waals surface area contributed by atoms with E-state index >= 15 is 0 Å². The molecule has 0 fully saturated rings. The van der Waals surface area contributed by atoms with Gasteiger partial charge >= 0.3 is 0 Å². The van der Waals surface area contributed by atoms with Crippen LogP contribution < -0.4 is 10.0 Å². The molecule has 1 aromatic rings. The summed E-state index contributed by atoms with van der Waals surface area (Å²) in [6, 6.07) is 4.39.